The van der Waals surface area contributed by atoms with E-state index in [2.05, 4.69) is 68.7 Å². The maximum Gasteiger partial charge on any atom is 1.00 e. The molecule has 2 aliphatic heterocycles. The van der Waals surface area contributed by atoms with Crippen LogP contribution in [0.3, 0.4) is 0 Å². The Kier molecular flexibility index (Phi) is 33.1. The second kappa shape index (κ2) is 35.7. The quantitative estimate of drug-likeness (QED) is 0.0662. The fourth-order valence-electron chi connectivity index (χ4n) is 6.91. The molecule has 0 saturated carbocycles. The van der Waals surface area contributed by atoms with Gasteiger partial charge in [-0.05, 0) is 111 Å². The third-order valence-corrected chi connectivity index (χ3v) is 10.9. The van der Waals surface area contributed by atoms with Gasteiger partial charge in [0, 0.05) is 55.0 Å². The number of halogens is 2. The molecule has 4 aromatic heterocycles. The van der Waals surface area contributed by atoms with Crippen LogP contribution >= 0.6 is 15.9 Å². The summed E-state index contributed by atoms with van der Waals surface area (Å²) in [5.74, 6) is 0.895. The van der Waals surface area contributed by atoms with E-state index in [1.165, 1.54) is 49.9 Å². The van der Waals surface area contributed by atoms with Gasteiger partial charge in [-0.25, -0.2) is 19.6 Å². The average Bonchev–Trinajstić information content (AvgIpc) is 4.07. The fourth-order valence-corrected chi connectivity index (χ4v) is 7.53. The Morgan fingerprint density at radius 3 is 1.60 bits per heavy atom. The Morgan fingerprint density at radius 2 is 1.21 bits per heavy atom. The number of methoxy groups -OCH3 is 2. The Labute approximate surface area is 535 Å². The number of pyridine rings is 2. The maximum absolute atomic E-state index is 12.7. The van der Waals surface area contributed by atoms with Gasteiger partial charge in [0.15, 0.2) is 12.6 Å². The Balaban J connectivity index is 0. The Morgan fingerprint density at radius 1 is 0.800 bits per heavy atom. The molecule has 2 aliphatic rings. The van der Waals surface area contributed by atoms with Crippen molar-refractivity contribution in [2.24, 2.45) is 0 Å². The minimum Gasteiger partial charge on any atom is -1.00 e. The first-order valence-corrected chi connectivity index (χ1v) is 24.0. The van der Waals surface area contributed by atoms with Crippen LogP contribution in [0, 0.1) is 0 Å². The molecule has 4 aromatic rings. The number of carbonyl (C=O) groups excluding carboxylic acids is 5. The first-order valence-electron chi connectivity index (χ1n) is 23.6. The third-order valence-electron chi connectivity index (χ3n) is 10.2. The molecule has 0 bridgehead atoms. The van der Waals surface area contributed by atoms with E-state index in [-0.39, 0.29) is 153 Å². The molecule has 404 valence electrons. The van der Waals surface area contributed by atoms with Gasteiger partial charge in [-0.15, -0.1) is 0 Å². The predicted molar refractivity (Wildman–Crippen MR) is 273 cm³/mol. The van der Waals surface area contributed by atoms with Crippen LogP contribution in [-0.4, -0.2) is 146 Å². The van der Waals surface area contributed by atoms with Crippen molar-refractivity contribution in [1.29, 1.82) is 0 Å². The average molecular weight is 1170 g/mol. The van der Waals surface area contributed by atoms with Gasteiger partial charge in [0.25, 0.3) is 6.47 Å². The Hall–Kier alpha value is -3.61. The number of aromatic nitrogens is 6. The Bertz CT molecular complexity index is 2520. The molecule has 75 heavy (non-hydrogen) atoms. The topological polar surface area (TPSA) is 252 Å². The summed E-state index contributed by atoms with van der Waals surface area (Å²) >= 11 is 3.58. The summed E-state index contributed by atoms with van der Waals surface area (Å²) in [5.41, 5.74) is 6.00. The molecule has 0 radical (unpaired) electrons. The zero-order valence-corrected chi connectivity index (χ0v) is 53.4. The smallest absolute Gasteiger partial charge is 1.00 e. The molecular weight excluding hydrogens is 1100 g/mol. The molecule has 6 heterocycles. The number of nitrogens with zero attached hydrogens (tertiary/aromatic N) is 8. The van der Waals surface area contributed by atoms with Gasteiger partial charge in [-0.1, -0.05) is 21.5 Å². The monoisotopic (exact) mass is 1170 g/mol. The molecule has 0 saturated heterocycles. The normalized spacial score (nSPS) is 13.2. The van der Waals surface area contributed by atoms with Gasteiger partial charge in [0.05, 0.1) is 70.7 Å². The molecule has 0 aromatic carbocycles. The number of aldehydes is 2. The van der Waals surface area contributed by atoms with Crippen LogP contribution in [-0.2, 0) is 19.2 Å². The summed E-state index contributed by atoms with van der Waals surface area (Å²) in [6.07, 6.45) is 8.34. The van der Waals surface area contributed by atoms with E-state index in [0.717, 1.165) is 34.3 Å². The molecule has 0 atom stereocenters. The molecule has 0 fully saturated rings. The number of hydrogen-bond acceptors (Lipinski definition) is 17. The van der Waals surface area contributed by atoms with Crippen molar-refractivity contribution >= 4 is 58.3 Å². The standard InChI is InChI=1S/C24H32N4O5.C17H26BrN3O2.C7H7NO3.CH3F.CH2O3.2K.H/c1-16(2)28-20(7-9-26-28)19-13-27(23(30)33-24(3,4)5)10-8-17(19)15-32-21-12-25-22(31-6)11-18(21)14-29;1-12(2)21-15(6-8-19-21)14-11-20(9-7-13(14)10-18)16(22)23-17(3,4)5;1-11-7-2-5(4-9)6(10)3-8-7;1-2;2-1-4-3;;;/h7,9,11-12,14,16H,8,10,13,15H2,1-6H3;6,8,12H,7,9-11H2,1-5H3;2-4,10H,1H3;1H3;1,3H;;;/q;;;;;2*+1;-1/p-1/i;;;1D;;;;. The van der Waals surface area contributed by atoms with Gasteiger partial charge in [-0.2, -0.15) is 10.2 Å². The number of ether oxygens (including phenoxy) is 5. The van der Waals surface area contributed by atoms with Crippen molar-refractivity contribution < 1.29 is 173 Å². The predicted octanol–water partition coefficient (Wildman–Crippen LogP) is 2.16. The summed E-state index contributed by atoms with van der Waals surface area (Å²) in [5, 5.41) is 27.1. The molecule has 6 rings (SSSR count). The molecule has 0 unspecified atom stereocenters. The van der Waals surface area contributed by atoms with E-state index >= 15 is 0 Å². The second-order valence-electron chi connectivity index (χ2n) is 18.4. The minimum atomic E-state index is -1.00. The summed E-state index contributed by atoms with van der Waals surface area (Å²) in [6, 6.07) is 7.30. The molecule has 2 amide bonds. The first-order chi connectivity index (χ1) is 35.0. The van der Waals surface area contributed by atoms with Crippen molar-refractivity contribution in [3.8, 4) is 23.3 Å². The van der Waals surface area contributed by atoms with Crippen LogP contribution in [0.4, 0.5) is 14.0 Å². The van der Waals surface area contributed by atoms with E-state index in [9.17, 15) is 23.6 Å². The van der Waals surface area contributed by atoms with Crippen LogP contribution in [0.5, 0.6) is 23.3 Å². The van der Waals surface area contributed by atoms with Crippen LogP contribution in [0.1, 0.15) is 129 Å². The van der Waals surface area contributed by atoms with Crippen molar-refractivity contribution in [2.45, 2.75) is 105 Å². The zero-order valence-electron chi connectivity index (χ0n) is 47.5. The van der Waals surface area contributed by atoms with Crippen molar-refractivity contribution in [2.75, 3.05) is 59.5 Å². The molecule has 1 N–H and O–H groups in total. The van der Waals surface area contributed by atoms with Gasteiger partial charge >= 0.3 is 115 Å². The van der Waals surface area contributed by atoms with Crippen molar-refractivity contribution in [1.82, 2.24) is 39.3 Å². The van der Waals surface area contributed by atoms with E-state index < -0.39 is 18.4 Å². The van der Waals surface area contributed by atoms with Gasteiger partial charge in [-0.3, -0.25) is 28.1 Å². The van der Waals surface area contributed by atoms with Gasteiger partial charge < -0.3 is 50.2 Å². The molecule has 25 heteroatoms. The summed E-state index contributed by atoms with van der Waals surface area (Å²) in [6.45, 7) is 21.8. The van der Waals surface area contributed by atoms with E-state index in [1.807, 2.05) is 69.2 Å². The molecule has 0 spiro atoms. The number of hydrogen-bond donors (Lipinski definition) is 1. The third kappa shape index (κ3) is 23.5. The number of alkyl halides is 2. The van der Waals surface area contributed by atoms with Crippen LogP contribution in [0.15, 0.2) is 60.2 Å². The fraction of sp³-hybridized carbons (Fsp3) is 0.500. The SMILES string of the molecule is CC(C)n1nccc1C1=C(CBr)CCN(C(=O)OC(C)(C)C)C1.COc1cc(C=O)c(O)cn1.COc1cc(C=O)c(OCC2=C(c3ccnn3C(C)C)CN(C(=O)OC(C)(C)C)CC2)cn1.O=CO[O-].[2H]CF.[H-].[K+].[K+]. The van der Waals surface area contributed by atoms with Crippen LogP contribution in [0.25, 0.3) is 11.1 Å². The van der Waals surface area contributed by atoms with Crippen LogP contribution in [0.2, 0.25) is 0 Å². The summed E-state index contributed by atoms with van der Waals surface area (Å²) < 4.78 is 46.4. The summed E-state index contributed by atoms with van der Waals surface area (Å²) in [7, 11) is 1.93. The van der Waals surface area contributed by atoms with Gasteiger partial charge in [0.2, 0.25) is 11.8 Å². The molecule has 21 nitrogen and oxygen atoms in total. The van der Waals surface area contributed by atoms with E-state index in [0.29, 0.717) is 68.2 Å². The number of rotatable bonds is 13. The van der Waals surface area contributed by atoms with Crippen molar-refractivity contribution in [3.63, 3.8) is 0 Å². The number of aromatic hydroxyl groups is 1. The van der Waals surface area contributed by atoms with E-state index in [4.69, 9.17) is 40.2 Å². The van der Waals surface area contributed by atoms with Crippen molar-refractivity contribution in [3.05, 3.63) is 82.7 Å². The largest absolute Gasteiger partial charge is 1.00 e. The number of amides is 2. The molecule has 0 aliphatic carbocycles. The first kappa shape index (κ1) is 69.4. The molecular formula is C50H70BrFK2N8O13. The second-order valence-corrected chi connectivity index (χ2v) is 18.9. The van der Waals surface area contributed by atoms with Gasteiger partial charge in [0.1, 0.15) is 29.3 Å². The van der Waals surface area contributed by atoms with Crippen LogP contribution < -0.4 is 122 Å². The summed E-state index contributed by atoms with van der Waals surface area (Å²) in [4.78, 5) is 69.4. The zero-order chi connectivity index (χ0) is 55.8. The number of carbonyl (C=O) groups is 5. The van der Waals surface area contributed by atoms with E-state index in [1.54, 1.807) is 16.0 Å². The maximum atomic E-state index is 12.7. The minimum absolute atomic E-state index is 0.